The first-order valence-corrected chi connectivity index (χ1v) is 5.71. The Balaban J connectivity index is 2.84. The van der Waals surface area contributed by atoms with E-state index in [1.165, 1.54) is 6.07 Å². The highest BCUT2D eigenvalue weighted by Gasteiger charge is 2.20. The molecule has 0 aliphatic carbocycles. The van der Waals surface area contributed by atoms with Gasteiger partial charge in [0.2, 0.25) is 0 Å². The number of esters is 1. The Hall–Kier alpha value is -0.390. The monoisotopic (exact) mass is 296 g/mol. The van der Waals surface area contributed by atoms with Gasteiger partial charge < -0.3 is 4.74 Å². The molecule has 14 heavy (non-hydrogen) atoms. The van der Waals surface area contributed by atoms with Gasteiger partial charge in [0.25, 0.3) is 5.78 Å². The predicted molar refractivity (Wildman–Crippen MR) is 58.0 cm³/mol. The number of ketones is 1. The fraction of sp³-hybridized carbons (Fsp3) is 0.250. The summed E-state index contributed by atoms with van der Waals surface area (Å²) in [4.78, 5) is 22.7. The van der Waals surface area contributed by atoms with Crippen LogP contribution >= 0.6 is 38.9 Å². The number of carbonyl (C=O) groups is 2. The molecule has 0 unspecified atom stereocenters. The minimum atomic E-state index is -0.849. The SMILES string of the molecule is CCOC(=O)C(=O)c1cc(Br)c(Cl)s1. The summed E-state index contributed by atoms with van der Waals surface area (Å²) in [6.07, 6.45) is 0. The summed E-state index contributed by atoms with van der Waals surface area (Å²) in [5, 5.41) is 0. The largest absolute Gasteiger partial charge is 0.460 e. The molecule has 1 aromatic rings. The van der Waals surface area contributed by atoms with E-state index in [2.05, 4.69) is 20.7 Å². The second-order valence-corrected chi connectivity index (χ2v) is 4.79. The van der Waals surface area contributed by atoms with Crippen LogP contribution in [0.5, 0.6) is 0 Å². The molecule has 1 heterocycles. The van der Waals surface area contributed by atoms with E-state index in [0.29, 0.717) is 8.81 Å². The van der Waals surface area contributed by atoms with Crippen molar-refractivity contribution in [2.45, 2.75) is 6.92 Å². The summed E-state index contributed by atoms with van der Waals surface area (Å²) in [5.41, 5.74) is 0. The van der Waals surface area contributed by atoms with Crippen molar-refractivity contribution in [2.75, 3.05) is 6.61 Å². The van der Waals surface area contributed by atoms with Gasteiger partial charge in [-0.2, -0.15) is 0 Å². The van der Waals surface area contributed by atoms with Crippen LogP contribution in [0.25, 0.3) is 0 Å². The predicted octanol–water partition coefficient (Wildman–Crippen LogP) is 2.91. The maximum Gasteiger partial charge on any atom is 0.380 e. The van der Waals surface area contributed by atoms with Gasteiger partial charge in [-0.05, 0) is 28.9 Å². The number of halogens is 2. The Morgan fingerprint density at radius 2 is 2.29 bits per heavy atom. The lowest BCUT2D eigenvalue weighted by atomic mass is 10.3. The second kappa shape index (κ2) is 4.91. The van der Waals surface area contributed by atoms with Crippen LogP contribution in [0.15, 0.2) is 10.5 Å². The molecule has 0 radical (unpaired) electrons. The van der Waals surface area contributed by atoms with Crippen LogP contribution in [0.3, 0.4) is 0 Å². The maximum absolute atomic E-state index is 11.4. The molecule has 6 heteroatoms. The summed E-state index contributed by atoms with van der Waals surface area (Å²) < 4.78 is 5.62. The molecule has 0 amide bonds. The average molecular weight is 298 g/mol. The first-order valence-electron chi connectivity index (χ1n) is 3.72. The third-order valence-corrected chi connectivity index (χ3v) is 3.80. The van der Waals surface area contributed by atoms with Gasteiger partial charge in [0.1, 0.15) is 4.34 Å². The molecule has 0 atom stereocenters. The zero-order valence-electron chi connectivity index (χ0n) is 7.17. The molecular weight excluding hydrogens is 292 g/mol. The molecule has 0 bridgehead atoms. The Morgan fingerprint density at radius 1 is 1.64 bits per heavy atom. The summed E-state index contributed by atoms with van der Waals surface area (Å²) in [7, 11) is 0. The molecular formula is C8H6BrClO3S. The van der Waals surface area contributed by atoms with Crippen LogP contribution in [0, 0.1) is 0 Å². The molecule has 0 aromatic carbocycles. The Kier molecular flexibility index (Phi) is 4.10. The molecule has 0 spiro atoms. The zero-order valence-corrected chi connectivity index (χ0v) is 10.3. The number of hydrogen-bond acceptors (Lipinski definition) is 4. The van der Waals surface area contributed by atoms with Gasteiger partial charge >= 0.3 is 5.97 Å². The lowest BCUT2D eigenvalue weighted by Crippen LogP contribution is -2.16. The number of ether oxygens (including phenoxy) is 1. The van der Waals surface area contributed by atoms with Gasteiger partial charge in [0, 0.05) is 4.47 Å². The molecule has 1 aromatic heterocycles. The Labute approximate surface area is 98.1 Å². The Morgan fingerprint density at radius 3 is 2.71 bits per heavy atom. The maximum atomic E-state index is 11.4. The van der Waals surface area contributed by atoms with Gasteiger partial charge in [-0.1, -0.05) is 11.6 Å². The molecule has 0 N–H and O–H groups in total. The first-order chi connectivity index (χ1) is 6.56. The van der Waals surface area contributed by atoms with Crippen LogP contribution in [-0.2, 0) is 9.53 Å². The van der Waals surface area contributed by atoms with Gasteiger partial charge in [0.15, 0.2) is 0 Å². The molecule has 0 aliphatic rings. The number of Topliss-reactive ketones (excluding diaryl/α,β-unsaturated/α-hetero) is 1. The van der Waals surface area contributed by atoms with Crippen LogP contribution in [0.1, 0.15) is 16.6 Å². The first kappa shape index (κ1) is 11.7. The van der Waals surface area contributed by atoms with E-state index in [0.717, 1.165) is 11.3 Å². The third kappa shape index (κ3) is 2.56. The van der Waals surface area contributed by atoms with Crippen LogP contribution < -0.4 is 0 Å². The lowest BCUT2D eigenvalue weighted by molar-refractivity contribution is -0.137. The van der Waals surface area contributed by atoms with Crippen molar-refractivity contribution in [3.05, 3.63) is 19.8 Å². The molecule has 3 nitrogen and oxygen atoms in total. The van der Waals surface area contributed by atoms with Crippen molar-refractivity contribution in [1.29, 1.82) is 0 Å². The van der Waals surface area contributed by atoms with Gasteiger partial charge in [-0.25, -0.2) is 4.79 Å². The summed E-state index contributed by atoms with van der Waals surface area (Å²) in [6, 6.07) is 1.51. The molecule has 0 fully saturated rings. The fourth-order valence-electron chi connectivity index (χ4n) is 0.756. The lowest BCUT2D eigenvalue weighted by Gasteiger charge is -1.96. The standard InChI is InChI=1S/C8H6BrClO3S/c1-2-13-8(12)6(11)5-3-4(9)7(10)14-5/h3H,2H2,1H3. The van der Waals surface area contributed by atoms with Crippen molar-refractivity contribution in [3.8, 4) is 0 Å². The molecule has 0 saturated carbocycles. The molecule has 1 rings (SSSR count). The smallest absolute Gasteiger partial charge is 0.380 e. The fourth-order valence-corrected chi connectivity index (χ4v) is 2.39. The highest BCUT2D eigenvalue weighted by molar-refractivity contribution is 9.10. The zero-order chi connectivity index (χ0) is 10.7. The van der Waals surface area contributed by atoms with Crippen molar-refractivity contribution in [1.82, 2.24) is 0 Å². The molecule has 0 saturated heterocycles. The van der Waals surface area contributed by atoms with Crippen molar-refractivity contribution in [2.24, 2.45) is 0 Å². The van der Waals surface area contributed by atoms with Crippen molar-refractivity contribution < 1.29 is 14.3 Å². The van der Waals surface area contributed by atoms with E-state index in [1.807, 2.05) is 0 Å². The number of hydrogen-bond donors (Lipinski definition) is 0. The van der Waals surface area contributed by atoms with Crippen LogP contribution in [0.4, 0.5) is 0 Å². The van der Waals surface area contributed by atoms with E-state index >= 15 is 0 Å². The number of carbonyl (C=O) groups excluding carboxylic acids is 2. The van der Waals surface area contributed by atoms with E-state index in [9.17, 15) is 9.59 Å². The van der Waals surface area contributed by atoms with Crippen LogP contribution in [0.2, 0.25) is 4.34 Å². The van der Waals surface area contributed by atoms with Gasteiger partial charge in [-0.3, -0.25) is 4.79 Å². The summed E-state index contributed by atoms with van der Waals surface area (Å²) in [6.45, 7) is 1.83. The topological polar surface area (TPSA) is 43.4 Å². The van der Waals surface area contributed by atoms with E-state index in [1.54, 1.807) is 6.92 Å². The highest BCUT2D eigenvalue weighted by atomic mass is 79.9. The van der Waals surface area contributed by atoms with E-state index < -0.39 is 11.8 Å². The second-order valence-electron chi connectivity index (χ2n) is 2.28. The number of thiophene rings is 1. The van der Waals surface area contributed by atoms with Gasteiger partial charge in [0.05, 0.1) is 11.5 Å². The van der Waals surface area contributed by atoms with Crippen molar-refractivity contribution >= 4 is 50.6 Å². The third-order valence-electron chi connectivity index (χ3n) is 1.33. The summed E-state index contributed by atoms with van der Waals surface area (Å²) in [5.74, 6) is -1.51. The summed E-state index contributed by atoms with van der Waals surface area (Å²) >= 11 is 9.91. The average Bonchev–Trinajstić information content (AvgIpc) is 2.46. The molecule has 76 valence electrons. The quantitative estimate of drug-likeness (QED) is 0.489. The van der Waals surface area contributed by atoms with Crippen molar-refractivity contribution in [3.63, 3.8) is 0 Å². The van der Waals surface area contributed by atoms with Crippen LogP contribution in [-0.4, -0.2) is 18.4 Å². The highest BCUT2D eigenvalue weighted by Crippen LogP contribution is 2.32. The molecule has 0 aliphatic heterocycles. The Bertz CT molecular complexity index is 355. The van der Waals surface area contributed by atoms with E-state index in [-0.39, 0.29) is 11.5 Å². The minimum absolute atomic E-state index is 0.185. The van der Waals surface area contributed by atoms with Gasteiger partial charge in [-0.15, -0.1) is 11.3 Å². The minimum Gasteiger partial charge on any atom is -0.460 e. The van der Waals surface area contributed by atoms with E-state index in [4.69, 9.17) is 11.6 Å². The number of rotatable bonds is 3. The normalized spacial score (nSPS) is 9.93.